The maximum absolute atomic E-state index is 10.7. The number of hydrogen-bond donors (Lipinski definition) is 0. The van der Waals surface area contributed by atoms with E-state index in [4.69, 9.17) is 0 Å². The van der Waals surface area contributed by atoms with Crippen molar-refractivity contribution in [2.24, 2.45) is 0 Å². The van der Waals surface area contributed by atoms with Gasteiger partial charge in [-0.05, 0) is 13.8 Å². The highest BCUT2D eigenvalue weighted by molar-refractivity contribution is 5.94. The third kappa shape index (κ3) is 3.43. The minimum Gasteiger partial charge on any atom is -0.479 e. The Balaban J connectivity index is 4.05. The molecule has 0 unspecified atom stereocenters. The number of esters is 1. The first-order valence-electron chi connectivity index (χ1n) is 3.31. The van der Waals surface area contributed by atoms with Crippen LogP contribution in [0.4, 0.5) is 0 Å². The molecule has 0 rings (SSSR count). The molecule has 0 N–H and O–H groups in total. The van der Waals surface area contributed by atoms with Crippen LogP contribution in [0.15, 0.2) is 5.76 Å². The number of rotatable bonds is 4. The summed E-state index contributed by atoms with van der Waals surface area (Å²) in [5.74, 6) is 0.203. The van der Waals surface area contributed by atoms with Gasteiger partial charge in [0.05, 0.1) is 13.2 Å². The first-order chi connectivity index (χ1) is 5.26. The van der Waals surface area contributed by atoms with Crippen LogP contribution in [-0.2, 0) is 19.1 Å². The summed E-state index contributed by atoms with van der Waals surface area (Å²) in [7, 11) is 0. The molecule has 0 aromatic carbocycles. The summed E-state index contributed by atoms with van der Waals surface area (Å²) < 4.78 is 9.11. The van der Waals surface area contributed by atoms with Crippen LogP contribution in [0.2, 0.25) is 0 Å². The Morgan fingerprint density at radius 1 is 1.27 bits per heavy atom. The normalized spacial score (nSPS) is 8.18. The second-order valence-corrected chi connectivity index (χ2v) is 1.58. The molecule has 4 nitrogen and oxygen atoms in total. The highest BCUT2D eigenvalue weighted by atomic mass is 16.6. The Morgan fingerprint density at radius 3 is 2.18 bits per heavy atom. The molecule has 62 valence electrons. The lowest BCUT2D eigenvalue weighted by Gasteiger charge is -2.02. The monoisotopic (exact) mass is 158 g/mol. The molecular weight excluding hydrogens is 148 g/mol. The van der Waals surface area contributed by atoms with E-state index in [9.17, 15) is 9.59 Å². The van der Waals surface area contributed by atoms with E-state index in [1.807, 2.05) is 0 Å². The minimum atomic E-state index is -0.760. The molecule has 0 bridgehead atoms. The molecule has 4 heteroatoms. The lowest BCUT2D eigenvalue weighted by Crippen LogP contribution is -2.10. The quantitative estimate of drug-likeness (QED) is 0.255. The second kappa shape index (κ2) is 5.50. The summed E-state index contributed by atoms with van der Waals surface area (Å²) >= 11 is 0. The van der Waals surface area contributed by atoms with Crippen LogP contribution in [0.5, 0.6) is 0 Å². The first kappa shape index (κ1) is 9.72. The number of carbonyl (C=O) groups excluding carboxylic acids is 2. The molecule has 0 fully saturated rings. The zero-order valence-corrected chi connectivity index (χ0v) is 6.55. The molecule has 0 aliphatic heterocycles. The average Bonchev–Trinajstić information content (AvgIpc) is 2.00. The van der Waals surface area contributed by atoms with Crippen molar-refractivity contribution in [1.82, 2.24) is 0 Å². The fourth-order valence-electron chi connectivity index (χ4n) is 0.471. The Bertz CT molecular complexity index is 179. The van der Waals surface area contributed by atoms with Crippen LogP contribution in [0.1, 0.15) is 13.8 Å². The molecule has 0 heterocycles. The number of ether oxygens (including phenoxy) is 2. The predicted octanol–water partition coefficient (Wildman–Crippen LogP) is 0.301. The van der Waals surface area contributed by atoms with Crippen LogP contribution in [-0.4, -0.2) is 25.1 Å². The lowest BCUT2D eigenvalue weighted by molar-refractivity contribution is -0.142. The van der Waals surface area contributed by atoms with Crippen molar-refractivity contribution >= 4 is 11.9 Å². The minimum absolute atomic E-state index is 0.219. The lowest BCUT2D eigenvalue weighted by atomic mass is 10.5. The van der Waals surface area contributed by atoms with Gasteiger partial charge >= 0.3 is 5.97 Å². The van der Waals surface area contributed by atoms with E-state index >= 15 is 0 Å². The standard InChI is InChI=1S/C7H10O4/c1-3-10-6(5-8)7(9)11-4-2/h3-4H2,1-2H3. The van der Waals surface area contributed by atoms with Crippen molar-refractivity contribution in [2.75, 3.05) is 13.2 Å². The van der Waals surface area contributed by atoms with Crippen LogP contribution < -0.4 is 0 Å². The Morgan fingerprint density at radius 2 is 1.82 bits per heavy atom. The van der Waals surface area contributed by atoms with Crippen molar-refractivity contribution in [3.63, 3.8) is 0 Å². The third-order valence-electron chi connectivity index (χ3n) is 0.842. The molecule has 0 saturated carbocycles. The maximum Gasteiger partial charge on any atom is 0.385 e. The van der Waals surface area contributed by atoms with Gasteiger partial charge in [-0.15, -0.1) is 0 Å². The molecule has 11 heavy (non-hydrogen) atoms. The van der Waals surface area contributed by atoms with E-state index in [-0.39, 0.29) is 13.2 Å². The van der Waals surface area contributed by atoms with E-state index in [0.717, 1.165) is 0 Å². The van der Waals surface area contributed by atoms with Crippen molar-refractivity contribution < 1.29 is 19.1 Å². The fraction of sp³-hybridized carbons (Fsp3) is 0.571. The van der Waals surface area contributed by atoms with Gasteiger partial charge in [-0.1, -0.05) is 0 Å². The van der Waals surface area contributed by atoms with Crippen molar-refractivity contribution in [1.29, 1.82) is 0 Å². The van der Waals surface area contributed by atoms with Gasteiger partial charge in [-0.25, -0.2) is 9.59 Å². The topological polar surface area (TPSA) is 52.6 Å². The summed E-state index contributed by atoms with van der Waals surface area (Å²) in [4.78, 5) is 20.7. The predicted molar refractivity (Wildman–Crippen MR) is 37.5 cm³/mol. The summed E-state index contributed by atoms with van der Waals surface area (Å²) in [6.45, 7) is 3.78. The molecule has 0 saturated heterocycles. The van der Waals surface area contributed by atoms with Gasteiger partial charge in [0.2, 0.25) is 0 Å². The Hall–Kier alpha value is -1.28. The molecule has 0 aromatic heterocycles. The highest BCUT2D eigenvalue weighted by Gasteiger charge is 2.11. The van der Waals surface area contributed by atoms with Crippen molar-refractivity contribution in [3.05, 3.63) is 5.76 Å². The van der Waals surface area contributed by atoms with Gasteiger partial charge in [0, 0.05) is 0 Å². The largest absolute Gasteiger partial charge is 0.479 e. The number of carbonyl (C=O) groups is 1. The van der Waals surface area contributed by atoms with Crippen LogP contribution >= 0.6 is 0 Å². The van der Waals surface area contributed by atoms with Gasteiger partial charge in [-0.2, -0.15) is 0 Å². The van der Waals surface area contributed by atoms with E-state index < -0.39 is 11.7 Å². The van der Waals surface area contributed by atoms with Crippen LogP contribution in [0, 0.1) is 0 Å². The summed E-state index contributed by atoms with van der Waals surface area (Å²) in [6, 6.07) is 0. The Labute approximate surface area is 64.8 Å². The van der Waals surface area contributed by atoms with E-state index in [0.29, 0.717) is 0 Å². The van der Waals surface area contributed by atoms with Gasteiger partial charge in [0.25, 0.3) is 5.76 Å². The zero-order valence-electron chi connectivity index (χ0n) is 6.55. The number of hydrogen-bond acceptors (Lipinski definition) is 4. The molecule has 0 atom stereocenters. The van der Waals surface area contributed by atoms with Gasteiger partial charge in [0.15, 0.2) is 5.94 Å². The maximum atomic E-state index is 10.7. The van der Waals surface area contributed by atoms with Crippen LogP contribution in [0.3, 0.4) is 0 Å². The second-order valence-electron chi connectivity index (χ2n) is 1.58. The zero-order chi connectivity index (χ0) is 8.69. The molecule has 0 radical (unpaired) electrons. The summed E-state index contributed by atoms with van der Waals surface area (Å²) in [5.41, 5.74) is 0. The molecule has 0 spiro atoms. The third-order valence-corrected chi connectivity index (χ3v) is 0.842. The summed E-state index contributed by atoms with van der Waals surface area (Å²) in [6.07, 6.45) is 0. The highest BCUT2D eigenvalue weighted by Crippen LogP contribution is 1.94. The van der Waals surface area contributed by atoms with E-state index in [1.165, 1.54) is 5.94 Å². The fourth-order valence-corrected chi connectivity index (χ4v) is 0.471. The first-order valence-corrected chi connectivity index (χ1v) is 3.31. The van der Waals surface area contributed by atoms with E-state index in [2.05, 4.69) is 9.47 Å². The van der Waals surface area contributed by atoms with Gasteiger partial charge in [-0.3, -0.25) is 0 Å². The summed E-state index contributed by atoms with van der Waals surface area (Å²) in [5, 5.41) is 0. The molecule has 0 amide bonds. The molecule has 0 aromatic rings. The van der Waals surface area contributed by atoms with Gasteiger partial charge < -0.3 is 9.47 Å². The molecule has 0 aliphatic carbocycles. The van der Waals surface area contributed by atoms with Crippen molar-refractivity contribution in [2.45, 2.75) is 13.8 Å². The SMILES string of the molecule is CCOC(=O)C(=C=O)OCC. The Kier molecular flexibility index (Phi) is 4.86. The van der Waals surface area contributed by atoms with Gasteiger partial charge in [0.1, 0.15) is 0 Å². The van der Waals surface area contributed by atoms with Crippen molar-refractivity contribution in [3.8, 4) is 0 Å². The van der Waals surface area contributed by atoms with Crippen LogP contribution in [0.25, 0.3) is 0 Å². The molecule has 0 aliphatic rings. The smallest absolute Gasteiger partial charge is 0.385 e. The average molecular weight is 158 g/mol. The van der Waals surface area contributed by atoms with E-state index in [1.54, 1.807) is 13.8 Å². The molecular formula is C7H10O4.